The molecule has 1 aromatic heterocycles. The molecule has 3 N–H and O–H groups in total. The zero-order valence-electron chi connectivity index (χ0n) is 15.5. The number of aromatic nitrogens is 1. The Hall–Kier alpha value is -3.05. The molecule has 1 heterocycles. The summed E-state index contributed by atoms with van der Waals surface area (Å²) in [7, 11) is -4.05. The van der Waals surface area contributed by atoms with E-state index in [4.69, 9.17) is 5.14 Å². The fourth-order valence-electron chi connectivity index (χ4n) is 2.93. The van der Waals surface area contributed by atoms with Gasteiger partial charge in [0.15, 0.2) is 0 Å². The van der Waals surface area contributed by atoms with Crippen molar-refractivity contribution in [2.24, 2.45) is 5.14 Å². The minimum Gasteiger partial charge on any atom is -0.379 e. The molecule has 154 valence electrons. The van der Waals surface area contributed by atoms with Gasteiger partial charge in [0, 0.05) is 44.0 Å². The van der Waals surface area contributed by atoms with E-state index < -0.39 is 20.6 Å². The number of sulfonamides is 1. The molecular weight excluding hydrogens is 398 g/mol. The highest BCUT2D eigenvalue weighted by molar-refractivity contribution is 7.89. The lowest BCUT2D eigenvalue weighted by molar-refractivity contribution is -0.384. The van der Waals surface area contributed by atoms with Crippen LogP contribution >= 0.6 is 0 Å². The van der Waals surface area contributed by atoms with Gasteiger partial charge >= 0.3 is 0 Å². The molecule has 1 aromatic carbocycles. The third-order valence-electron chi connectivity index (χ3n) is 4.53. The highest BCUT2D eigenvalue weighted by Gasteiger charge is 2.32. The average Bonchev–Trinajstić information content (AvgIpc) is 3.51. The summed E-state index contributed by atoms with van der Waals surface area (Å²) in [6.45, 7) is 0.644. The first-order valence-corrected chi connectivity index (χ1v) is 10.5. The maximum atomic E-state index is 12.7. The van der Waals surface area contributed by atoms with Crippen molar-refractivity contribution in [3.8, 4) is 0 Å². The Morgan fingerprint density at radius 2 is 2.10 bits per heavy atom. The molecule has 1 amide bonds. The van der Waals surface area contributed by atoms with E-state index in [-0.39, 0.29) is 35.5 Å². The second kappa shape index (κ2) is 8.53. The molecule has 29 heavy (non-hydrogen) atoms. The van der Waals surface area contributed by atoms with Crippen molar-refractivity contribution in [2.45, 2.75) is 36.7 Å². The van der Waals surface area contributed by atoms with E-state index in [0.717, 1.165) is 24.5 Å². The Kier molecular flexibility index (Phi) is 6.09. The highest BCUT2D eigenvalue weighted by Crippen LogP contribution is 2.30. The van der Waals surface area contributed by atoms with Gasteiger partial charge in [-0.15, -0.1) is 0 Å². The molecule has 0 atom stereocenters. The molecule has 0 unspecified atom stereocenters. The molecule has 0 radical (unpaired) electrons. The number of benzene rings is 1. The number of nitrogens with one attached hydrogen (secondary N) is 1. The summed E-state index contributed by atoms with van der Waals surface area (Å²) in [4.78, 5) is 28.7. The summed E-state index contributed by atoms with van der Waals surface area (Å²) in [5.41, 5.74) is 0.647. The van der Waals surface area contributed by atoms with Crippen molar-refractivity contribution in [1.29, 1.82) is 0 Å². The SMILES string of the molecule is NS(=O)(=O)c1ccc(NCCC(=O)N(Cc2cccnc2)C2CC2)c([N+](=O)[O-])c1. The van der Waals surface area contributed by atoms with Gasteiger partial charge in [-0.2, -0.15) is 0 Å². The van der Waals surface area contributed by atoms with E-state index in [0.29, 0.717) is 6.54 Å². The highest BCUT2D eigenvalue weighted by atomic mass is 32.2. The van der Waals surface area contributed by atoms with Gasteiger partial charge in [-0.05, 0) is 36.6 Å². The maximum Gasteiger partial charge on any atom is 0.293 e. The molecule has 0 spiro atoms. The zero-order chi connectivity index (χ0) is 21.0. The van der Waals surface area contributed by atoms with Crippen molar-refractivity contribution in [2.75, 3.05) is 11.9 Å². The van der Waals surface area contributed by atoms with Crippen LogP contribution in [0.4, 0.5) is 11.4 Å². The number of rotatable bonds is 9. The third-order valence-corrected chi connectivity index (χ3v) is 5.44. The van der Waals surface area contributed by atoms with E-state index >= 15 is 0 Å². The predicted molar refractivity (Wildman–Crippen MR) is 105 cm³/mol. The van der Waals surface area contributed by atoms with Crippen molar-refractivity contribution in [3.63, 3.8) is 0 Å². The first-order chi connectivity index (χ1) is 13.8. The van der Waals surface area contributed by atoms with Crippen LogP contribution < -0.4 is 10.5 Å². The number of amides is 1. The van der Waals surface area contributed by atoms with Crippen LogP contribution in [0.15, 0.2) is 47.6 Å². The molecule has 10 nitrogen and oxygen atoms in total. The Labute approximate surface area is 167 Å². The Balaban J connectivity index is 1.64. The Bertz CT molecular complexity index is 1010. The van der Waals surface area contributed by atoms with Crippen LogP contribution in [0.2, 0.25) is 0 Å². The lowest BCUT2D eigenvalue weighted by Crippen LogP contribution is -2.33. The van der Waals surface area contributed by atoms with Crippen LogP contribution in [0.3, 0.4) is 0 Å². The van der Waals surface area contributed by atoms with Gasteiger partial charge in [0.25, 0.3) is 5.69 Å². The Morgan fingerprint density at radius 1 is 1.34 bits per heavy atom. The standard InChI is InChI=1S/C18H21N5O5S/c19-29(27,28)15-5-6-16(17(10-15)23(25)26)21-9-7-18(24)22(14-3-4-14)12-13-2-1-8-20-11-13/h1-2,5-6,8,10-11,14,21H,3-4,7,9,12H2,(H2,19,27,28). The monoisotopic (exact) mass is 419 g/mol. The molecular formula is C18H21N5O5S. The molecule has 0 aliphatic heterocycles. The number of nitro groups is 1. The molecule has 0 saturated heterocycles. The predicted octanol–water partition coefficient (Wildman–Crippen LogP) is 1.63. The normalized spacial score (nSPS) is 13.7. The third kappa shape index (κ3) is 5.48. The van der Waals surface area contributed by atoms with Crippen LogP contribution in [0.25, 0.3) is 0 Å². The fraction of sp³-hybridized carbons (Fsp3) is 0.333. The molecule has 11 heteroatoms. The number of nitro benzene ring substituents is 1. The number of hydrogen-bond donors (Lipinski definition) is 2. The van der Waals surface area contributed by atoms with Crippen LogP contribution in [0.1, 0.15) is 24.8 Å². The first kappa shape index (κ1) is 20.7. The van der Waals surface area contributed by atoms with E-state index in [9.17, 15) is 23.3 Å². The van der Waals surface area contributed by atoms with Crippen molar-refractivity contribution >= 4 is 27.3 Å². The molecule has 3 rings (SSSR count). The van der Waals surface area contributed by atoms with Gasteiger partial charge in [-0.1, -0.05) is 6.07 Å². The summed E-state index contributed by atoms with van der Waals surface area (Å²) in [5, 5.41) is 19.1. The van der Waals surface area contributed by atoms with Gasteiger partial charge in [-0.3, -0.25) is 19.9 Å². The van der Waals surface area contributed by atoms with Gasteiger partial charge < -0.3 is 10.2 Å². The summed E-state index contributed by atoms with van der Waals surface area (Å²) in [5.74, 6) is -0.0623. The molecule has 1 saturated carbocycles. The van der Waals surface area contributed by atoms with E-state index in [1.807, 2.05) is 12.1 Å². The molecule has 0 bridgehead atoms. The van der Waals surface area contributed by atoms with Crippen molar-refractivity contribution < 1.29 is 18.1 Å². The van der Waals surface area contributed by atoms with Gasteiger partial charge in [0.05, 0.1) is 9.82 Å². The second-order valence-electron chi connectivity index (χ2n) is 6.77. The first-order valence-electron chi connectivity index (χ1n) is 8.99. The van der Waals surface area contributed by atoms with Crippen molar-refractivity contribution in [3.05, 3.63) is 58.4 Å². The number of hydrogen-bond acceptors (Lipinski definition) is 7. The minimum absolute atomic E-state index is 0.0623. The maximum absolute atomic E-state index is 12.7. The van der Waals surface area contributed by atoms with Crippen molar-refractivity contribution in [1.82, 2.24) is 9.88 Å². The topological polar surface area (TPSA) is 149 Å². The van der Waals surface area contributed by atoms with E-state index in [2.05, 4.69) is 10.3 Å². The number of anilines is 1. The lowest BCUT2D eigenvalue weighted by atomic mass is 10.2. The summed E-state index contributed by atoms with van der Waals surface area (Å²) in [6.07, 6.45) is 5.45. The zero-order valence-corrected chi connectivity index (χ0v) is 16.3. The van der Waals surface area contributed by atoms with Crippen LogP contribution in [0, 0.1) is 10.1 Å². The second-order valence-corrected chi connectivity index (χ2v) is 8.33. The quantitative estimate of drug-likeness (QED) is 0.463. The number of pyridine rings is 1. The summed E-state index contributed by atoms with van der Waals surface area (Å²) < 4.78 is 22.8. The molecule has 1 fully saturated rings. The lowest BCUT2D eigenvalue weighted by Gasteiger charge is -2.22. The van der Waals surface area contributed by atoms with Crippen LogP contribution in [0.5, 0.6) is 0 Å². The van der Waals surface area contributed by atoms with E-state index in [1.54, 1.807) is 17.3 Å². The number of primary sulfonamides is 1. The summed E-state index contributed by atoms with van der Waals surface area (Å²) in [6, 6.07) is 7.30. The van der Waals surface area contributed by atoms with Crippen LogP contribution in [-0.2, 0) is 21.4 Å². The molecule has 1 aliphatic carbocycles. The largest absolute Gasteiger partial charge is 0.379 e. The Morgan fingerprint density at radius 3 is 2.69 bits per heavy atom. The summed E-state index contributed by atoms with van der Waals surface area (Å²) >= 11 is 0. The van der Waals surface area contributed by atoms with E-state index in [1.165, 1.54) is 12.1 Å². The number of carbonyl (C=O) groups excluding carboxylic acids is 1. The number of carbonyl (C=O) groups is 1. The number of nitrogens with zero attached hydrogens (tertiary/aromatic N) is 3. The van der Waals surface area contributed by atoms with Gasteiger partial charge in [0.2, 0.25) is 15.9 Å². The minimum atomic E-state index is -4.05. The number of nitrogens with two attached hydrogens (primary N) is 1. The molecule has 1 aliphatic rings. The molecule has 2 aromatic rings. The fourth-order valence-corrected chi connectivity index (χ4v) is 3.47. The van der Waals surface area contributed by atoms with Gasteiger partial charge in [0.1, 0.15) is 5.69 Å². The average molecular weight is 419 g/mol. The van der Waals surface area contributed by atoms with Gasteiger partial charge in [-0.25, -0.2) is 13.6 Å². The smallest absolute Gasteiger partial charge is 0.293 e. The van der Waals surface area contributed by atoms with Crippen LogP contribution in [-0.4, -0.2) is 41.7 Å².